The molecule has 30 heavy (non-hydrogen) atoms. The first kappa shape index (κ1) is 20.2. The minimum atomic E-state index is -0.0571. The highest BCUT2D eigenvalue weighted by atomic mass is 16.5. The molecule has 156 valence electrons. The second-order valence-corrected chi connectivity index (χ2v) is 7.69. The number of amides is 1. The van der Waals surface area contributed by atoms with E-state index < -0.39 is 0 Å². The van der Waals surface area contributed by atoms with Gasteiger partial charge in [0.15, 0.2) is 5.76 Å². The molecule has 1 aliphatic rings. The molecule has 5 nitrogen and oxygen atoms in total. The number of aromatic nitrogens is 1. The van der Waals surface area contributed by atoms with Crippen LogP contribution >= 0.6 is 0 Å². The first-order chi connectivity index (χ1) is 14.7. The second-order valence-electron chi connectivity index (χ2n) is 7.69. The Kier molecular flexibility index (Phi) is 6.47. The van der Waals surface area contributed by atoms with Crippen LogP contribution in [0.3, 0.4) is 0 Å². The van der Waals surface area contributed by atoms with Gasteiger partial charge in [-0.25, -0.2) is 4.98 Å². The number of nitrogens with one attached hydrogen (secondary N) is 1. The lowest BCUT2D eigenvalue weighted by Gasteiger charge is -2.17. The lowest BCUT2D eigenvalue weighted by molar-refractivity contribution is 0.0934. The van der Waals surface area contributed by atoms with Crippen LogP contribution in [0.2, 0.25) is 0 Å². The third-order valence-electron chi connectivity index (χ3n) is 5.55. The van der Waals surface area contributed by atoms with Gasteiger partial charge in [-0.05, 0) is 56.2 Å². The quantitative estimate of drug-likeness (QED) is 0.523. The summed E-state index contributed by atoms with van der Waals surface area (Å²) in [5, 5.41) is 3.22. The van der Waals surface area contributed by atoms with Crippen LogP contribution in [0.25, 0.3) is 22.8 Å². The Balaban J connectivity index is 1.54. The largest absolute Gasteiger partial charge is 0.494 e. The van der Waals surface area contributed by atoms with E-state index in [9.17, 15) is 4.79 Å². The number of hydrogen-bond donors (Lipinski definition) is 1. The van der Waals surface area contributed by atoms with Crippen LogP contribution < -0.4 is 10.1 Å². The average molecular weight is 405 g/mol. The number of oxazole rings is 1. The Morgan fingerprint density at radius 2 is 1.80 bits per heavy atom. The van der Waals surface area contributed by atoms with Crippen molar-refractivity contribution in [3.8, 4) is 28.5 Å². The monoisotopic (exact) mass is 404 g/mol. The van der Waals surface area contributed by atoms with Gasteiger partial charge in [0.2, 0.25) is 5.89 Å². The number of carbonyl (C=O) groups is 1. The number of nitrogens with zero attached hydrogens (tertiary/aromatic N) is 1. The maximum atomic E-state index is 13.0. The Bertz CT molecular complexity index is 970. The Morgan fingerprint density at radius 3 is 2.53 bits per heavy atom. The fourth-order valence-corrected chi connectivity index (χ4v) is 3.97. The van der Waals surface area contributed by atoms with Crippen molar-refractivity contribution in [3.63, 3.8) is 0 Å². The van der Waals surface area contributed by atoms with Gasteiger partial charge in [-0.3, -0.25) is 4.79 Å². The first-order valence-electron chi connectivity index (χ1n) is 10.8. The normalized spacial score (nSPS) is 14.8. The summed E-state index contributed by atoms with van der Waals surface area (Å²) in [6.45, 7) is 2.59. The van der Waals surface area contributed by atoms with Crippen LogP contribution in [0.1, 0.15) is 55.8 Å². The summed E-state index contributed by atoms with van der Waals surface area (Å²) in [5.41, 5.74) is 2.22. The van der Waals surface area contributed by atoms with Crippen molar-refractivity contribution in [2.75, 3.05) is 6.61 Å². The van der Waals surface area contributed by atoms with Crippen LogP contribution in [-0.2, 0) is 0 Å². The van der Waals surface area contributed by atoms with Gasteiger partial charge in [-0.1, -0.05) is 37.8 Å². The maximum Gasteiger partial charge on any atom is 0.252 e. The third kappa shape index (κ3) is 4.73. The van der Waals surface area contributed by atoms with E-state index in [4.69, 9.17) is 9.15 Å². The van der Waals surface area contributed by atoms with E-state index in [2.05, 4.69) is 10.3 Å². The zero-order chi connectivity index (χ0) is 20.8. The number of rotatable bonds is 6. The van der Waals surface area contributed by atoms with Gasteiger partial charge in [-0.15, -0.1) is 0 Å². The van der Waals surface area contributed by atoms with Crippen molar-refractivity contribution < 1.29 is 13.9 Å². The molecule has 1 saturated carbocycles. The van der Waals surface area contributed by atoms with Crippen LogP contribution in [0.15, 0.2) is 59.1 Å². The lowest BCUT2D eigenvalue weighted by atomic mass is 10.0. The molecule has 1 N–H and O–H groups in total. The van der Waals surface area contributed by atoms with Gasteiger partial charge < -0.3 is 14.5 Å². The minimum Gasteiger partial charge on any atom is -0.494 e. The number of benzene rings is 2. The summed E-state index contributed by atoms with van der Waals surface area (Å²) in [7, 11) is 0. The summed E-state index contributed by atoms with van der Waals surface area (Å²) in [6, 6.07) is 15.5. The topological polar surface area (TPSA) is 64.4 Å². The molecule has 0 aliphatic heterocycles. The molecule has 2 aromatic carbocycles. The molecule has 0 saturated heterocycles. The number of carbonyl (C=O) groups excluding carboxylic acids is 1. The Morgan fingerprint density at radius 1 is 1.07 bits per heavy atom. The third-order valence-corrected chi connectivity index (χ3v) is 5.55. The van der Waals surface area contributed by atoms with Gasteiger partial charge in [-0.2, -0.15) is 0 Å². The predicted molar refractivity (Wildman–Crippen MR) is 118 cm³/mol. The second kappa shape index (κ2) is 9.61. The van der Waals surface area contributed by atoms with Crippen LogP contribution in [0, 0.1) is 0 Å². The zero-order valence-corrected chi connectivity index (χ0v) is 17.4. The van der Waals surface area contributed by atoms with E-state index in [0.717, 1.165) is 24.2 Å². The van der Waals surface area contributed by atoms with Crippen molar-refractivity contribution in [1.82, 2.24) is 10.3 Å². The molecule has 1 aliphatic carbocycles. The number of ether oxygens (including phenoxy) is 1. The highest BCUT2D eigenvalue weighted by Gasteiger charge is 2.20. The van der Waals surface area contributed by atoms with E-state index in [1.807, 2.05) is 55.5 Å². The molecule has 4 rings (SSSR count). The minimum absolute atomic E-state index is 0.0571. The molecule has 1 fully saturated rings. The molecule has 0 atom stereocenters. The molecule has 5 heteroatoms. The number of hydrogen-bond acceptors (Lipinski definition) is 4. The Hall–Kier alpha value is -3.08. The van der Waals surface area contributed by atoms with Crippen LogP contribution in [0.5, 0.6) is 5.75 Å². The molecule has 0 spiro atoms. The Labute approximate surface area is 177 Å². The fraction of sp³-hybridized carbons (Fsp3) is 0.360. The van der Waals surface area contributed by atoms with Crippen molar-refractivity contribution in [1.29, 1.82) is 0 Å². The average Bonchev–Trinajstić information content (AvgIpc) is 3.13. The van der Waals surface area contributed by atoms with Crippen molar-refractivity contribution in [2.45, 2.75) is 51.5 Å². The van der Waals surface area contributed by atoms with Gasteiger partial charge in [0, 0.05) is 17.2 Å². The summed E-state index contributed by atoms with van der Waals surface area (Å²) in [4.78, 5) is 17.4. The molecule has 0 bridgehead atoms. The van der Waals surface area contributed by atoms with Gasteiger partial charge in [0.25, 0.3) is 5.91 Å². The summed E-state index contributed by atoms with van der Waals surface area (Å²) in [5.74, 6) is 1.87. The molecule has 0 unspecified atom stereocenters. The van der Waals surface area contributed by atoms with Gasteiger partial charge in [0.1, 0.15) is 5.75 Å². The van der Waals surface area contributed by atoms with E-state index in [0.29, 0.717) is 29.4 Å². The predicted octanol–water partition coefficient (Wildman–Crippen LogP) is 5.86. The van der Waals surface area contributed by atoms with E-state index in [-0.39, 0.29) is 11.9 Å². The van der Waals surface area contributed by atoms with Crippen molar-refractivity contribution >= 4 is 5.91 Å². The molecular formula is C25H28N2O3. The smallest absolute Gasteiger partial charge is 0.252 e. The first-order valence-corrected chi connectivity index (χ1v) is 10.8. The highest BCUT2D eigenvalue weighted by molar-refractivity contribution is 6.00. The zero-order valence-electron chi connectivity index (χ0n) is 17.4. The summed E-state index contributed by atoms with van der Waals surface area (Å²) < 4.78 is 11.5. The van der Waals surface area contributed by atoms with Crippen LogP contribution in [0.4, 0.5) is 0 Å². The highest BCUT2D eigenvalue weighted by Crippen LogP contribution is 2.29. The fourth-order valence-electron chi connectivity index (χ4n) is 3.97. The molecule has 3 aromatic rings. The van der Waals surface area contributed by atoms with E-state index >= 15 is 0 Å². The summed E-state index contributed by atoms with van der Waals surface area (Å²) in [6.07, 6.45) is 8.67. The van der Waals surface area contributed by atoms with E-state index in [1.54, 1.807) is 6.20 Å². The van der Waals surface area contributed by atoms with Gasteiger partial charge >= 0.3 is 0 Å². The molecule has 0 radical (unpaired) electrons. The standard InChI is InChI=1S/C25H28N2O3/c1-2-29-20-15-13-18(14-16-20)23-17-26-25(30-23)22-12-8-7-11-21(22)24(28)27-19-9-5-3-4-6-10-19/h7-8,11-17,19H,2-6,9-10H2,1H3,(H,27,28). The molecule has 1 aromatic heterocycles. The lowest BCUT2D eigenvalue weighted by Crippen LogP contribution is -2.34. The summed E-state index contributed by atoms with van der Waals surface area (Å²) >= 11 is 0. The van der Waals surface area contributed by atoms with Crippen molar-refractivity contribution in [2.24, 2.45) is 0 Å². The molecule has 1 heterocycles. The van der Waals surface area contributed by atoms with Crippen LogP contribution in [-0.4, -0.2) is 23.5 Å². The van der Waals surface area contributed by atoms with Gasteiger partial charge in [0.05, 0.1) is 18.4 Å². The molecule has 1 amide bonds. The van der Waals surface area contributed by atoms with E-state index in [1.165, 1.54) is 25.7 Å². The molecular weight excluding hydrogens is 376 g/mol. The van der Waals surface area contributed by atoms with Crippen molar-refractivity contribution in [3.05, 3.63) is 60.3 Å². The SMILES string of the molecule is CCOc1ccc(-c2cnc(-c3ccccc3C(=O)NC3CCCCCC3)o2)cc1. The maximum absolute atomic E-state index is 13.0.